The zero-order valence-corrected chi connectivity index (χ0v) is 16.8. The molecule has 0 radical (unpaired) electrons. The van der Waals surface area contributed by atoms with E-state index in [1.165, 1.54) is 0 Å². The molecule has 0 fully saturated rings. The van der Waals surface area contributed by atoms with Gasteiger partial charge in [-0.05, 0) is 86.0 Å². The Kier molecular flexibility index (Phi) is 6.22. The minimum Gasteiger partial charge on any atom is -0.484 e. The molecular formula is C23H22ClNO3. The second-order valence-electron chi connectivity index (χ2n) is 6.70. The van der Waals surface area contributed by atoms with Gasteiger partial charge in [0.15, 0.2) is 6.61 Å². The monoisotopic (exact) mass is 395 g/mol. The molecule has 1 amide bonds. The molecule has 4 nitrogen and oxygen atoms in total. The molecule has 0 atom stereocenters. The molecule has 0 aromatic heterocycles. The summed E-state index contributed by atoms with van der Waals surface area (Å²) in [5, 5.41) is 3.37. The van der Waals surface area contributed by atoms with Gasteiger partial charge in [0.2, 0.25) is 0 Å². The number of anilines is 1. The molecule has 5 heteroatoms. The van der Waals surface area contributed by atoms with E-state index in [0.717, 1.165) is 22.4 Å². The van der Waals surface area contributed by atoms with E-state index in [1.807, 2.05) is 51.1 Å². The molecular weight excluding hydrogens is 374 g/mol. The maximum atomic E-state index is 12.1. The van der Waals surface area contributed by atoms with Crippen molar-refractivity contribution in [1.82, 2.24) is 0 Å². The van der Waals surface area contributed by atoms with Crippen LogP contribution in [0.25, 0.3) is 0 Å². The Morgan fingerprint density at radius 1 is 0.857 bits per heavy atom. The van der Waals surface area contributed by atoms with E-state index in [9.17, 15) is 4.79 Å². The van der Waals surface area contributed by atoms with Crippen LogP contribution in [0.3, 0.4) is 0 Å². The van der Waals surface area contributed by atoms with E-state index in [-0.39, 0.29) is 12.5 Å². The standard InChI is InChI=1S/C23H22ClNO3/c1-15-10-16(2)12-21(11-15)28-20-8-6-19(7-9-20)27-14-23(26)25-18-5-4-17(3)22(24)13-18/h4-13H,14H2,1-3H3,(H,25,26). The summed E-state index contributed by atoms with van der Waals surface area (Å²) in [6, 6.07) is 18.6. The lowest BCUT2D eigenvalue weighted by Crippen LogP contribution is -2.20. The van der Waals surface area contributed by atoms with Crippen molar-refractivity contribution in [2.24, 2.45) is 0 Å². The molecule has 3 aromatic rings. The van der Waals surface area contributed by atoms with Crippen molar-refractivity contribution in [3.8, 4) is 17.2 Å². The van der Waals surface area contributed by atoms with E-state index >= 15 is 0 Å². The van der Waals surface area contributed by atoms with E-state index in [0.29, 0.717) is 22.2 Å². The number of ether oxygens (including phenoxy) is 2. The topological polar surface area (TPSA) is 47.6 Å². The van der Waals surface area contributed by atoms with Gasteiger partial charge >= 0.3 is 0 Å². The minimum atomic E-state index is -0.254. The SMILES string of the molecule is Cc1cc(C)cc(Oc2ccc(OCC(=O)Nc3ccc(C)c(Cl)c3)cc2)c1. The third-order valence-corrected chi connectivity index (χ3v) is 4.49. The Bertz CT molecular complexity index is 963. The first-order valence-corrected chi connectivity index (χ1v) is 9.32. The summed E-state index contributed by atoms with van der Waals surface area (Å²) in [5.41, 5.74) is 3.90. The summed E-state index contributed by atoms with van der Waals surface area (Å²) in [4.78, 5) is 12.1. The highest BCUT2D eigenvalue weighted by atomic mass is 35.5. The van der Waals surface area contributed by atoms with E-state index in [1.54, 1.807) is 24.3 Å². The molecule has 0 unspecified atom stereocenters. The molecule has 0 heterocycles. The lowest BCUT2D eigenvalue weighted by molar-refractivity contribution is -0.118. The quantitative estimate of drug-likeness (QED) is 0.550. The zero-order chi connectivity index (χ0) is 20.1. The summed E-state index contributed by atoms with van der Waals surface area (Å²) in [6.07, 6.45) is 0. The second-order valence-corrected chi connectivity index (χ2v) is 7.10. The van der Waals surface area contributed by atoms with Gasteiger partial charge in [-0.1, -0.05) is 23.7 Å². The van der Waals surface area contributed by atoms with Gasteiger partial charge in [0, 0.05) is 10.7 Å². The predicted octanol–water partition coefficient (Wildman–Crippen LogP) is 6.08. The van der Waals surface area contributed by atoms with Crippen LogP contribution in [0.4, 0.5) is 5.69 Å². The van der Waals surface area contributed by atoms with Gasteiger partial charge in [-0.25, -0.2) is 0 Å². The molecule has 0 spiro atoms. The van der Waals surface area contributed by atoms with E-state index < -0.39 is 0 Å². The Balaban J connectivity index is 1.53. The fourth-order valence-electron chi connectivity index (χ4n) is 2.75. The van der Waals surface area contributed by atoms with Gasteiger partial charge in [0.1, 0.15) is 17.2 Å². The number of amides is 1. The first-order chi connectivity index (χ1) is 13.4. The first kappa shape index (κ1) is 19.8. The van der Waals surface area contributed by atoms with Crippen LogP contribution in [-0.2, 0) is 4.79 Å². The lowest BCUT2D eigenvalue weighted by Gasteiger charge is -2.10. The van der Waals surface area contributed by atoms with Crippen LogP contribution in [0.1, 0.15) is 16.7 Å². The smallest absolute Gasteiger partial charge is 0.262 e. The number of benzene rings is 3. The molecule has 144 valence electrons. The molecule has 3 rings (SSSR count). The Morgan fingerprint density at radius 2 is 1.50 bits per heavy atom. The summed E-state index contributed by atoms with van der Waals surface area (Å²) < 4.78 is 11.4. The number of carbonyl (C=O) groups excluding carboxylic acids is 1. The van der Waals surface area contributed by atoms with Crippen molar-refractivity contribution in [2.75, 3.05) is 11.9 Å². The van der Waals surface area contributed by atoms with Crippen molar-refractivity contribution < 1.29 is 14.3 Å². The van der Waals surface area contributed by atoms with Gasteiger partial charge < -0.3 is 14.8 Å². The van der Waals surface area contributed by atoms with Crippen molar-refractivity contribution in [1.29, 1.82) is 0 Å². The molecule has 0 aliphatic carbocycles. The van der Waals surface area contributed by atoms with Gasteiger partial charge in [-0.2, -0.15) is 0 Å². The average molecular weight is 396 g/mol. The summed E-state index contributed by atoms with van der Waals surface area (Å²) in [6.45, 7) is 5.88. The summed E-state index contributed by atoms with van der Waals surface area (Å²) in [5.74, 6) is 1.83. The Morgan fingerprint density at radius 3 is 2.14 bits per heavy atom. The van der Waals surface area contributed by atoms with Crippen LogP contribution >= 0.6 is 11.6 Å². The van der Waals surface area contributed by atoms with Crippen LogP contribution in [0.15, 0.2) is 60.7 Å². The van der Waals surface area contributed by atoms with Gasteiger partial charge in [-0.15, -0.1) is 0 Å². The van der Waals surface area contributed by atoms with Crippen LogP contribution in [-0.4, -0.2) is 12.5 Å². The third kappa shape index (κ3) is 5.51. The number of rotatable bonds is 6. The zero-order valence-electron chi connectivity index (χ0n) is 16.1. The van der Waals surface area contributed by atoms with Crippen molar-refractivity contribution in [3.05, 3.63) is 82.4 Å². The maximum Gasteiger partial charge on any atom is 0.262 e. The van der Waals surface area contributed by atoms with E-state index in [4.69, 9.17) is 21.1 Å². The van der Waals surface area contributed by atoms with Crippen LogP contribution in [0, 0.1) is 20.8 Å². The molecule has 0 saturated heterocycles. The minimum absolute atomic E-state index is 0.0945. The van der Waals surface area contributed by atoms with Gasteiger partial charge in [-0.3, -0.25) is 4.79 Å². The number of hydrogen-bond acceptors (Lipinski definition) is 3. The van der Waals surface area contributed by atoms with E-state index in [2.05, 4.69) is 11.4 Å². The van der Waals surface area contributed by atoms with Crippen molar-refractivity contribution in [3.63, 3.8) is 0 Å². The summed E-state index contributed by atoms with van der Waals surface area (Å²) in [7, 11) is 0. The highest BCUT2D eigenvalue weighted by Gasteiger charge is 2.06. The van der Waals surface area contributed by atoms with Crippen LogP contribution < -0.4 is 14.8 Å². The molecule has 28 heavy (non-hydrogen) atoms. The molecule has 3 aromatic carbocycles. The maximum absolute atomic E-state index is 12.1. The fourth-order valence-corrected chi connectivity index (χ4v) is 2.93. The summed E-state index contributed by atoms with van der Waals surface area (Å²) >= 11 is 6.07. The number of aryl methyl sites for hydroxylation is 3. The predicted molar refractivity (Wildman–Crippen MR) is 113 cm³/mol. The fraction of sp³-hybridized carbons (Fsp3) is 0.174. The van der Waals surface area contributed by atoms with Crippen LogP contribution in [0.5, 0.6) is 17.2 Å². The Hall–Kier alpha value is -2.98. The number of halogens is 1. The number of nitrogens with one attached hydrogen (secondary N) is 1. The van der Waals surface area contributed by atoms with Crippen molar-refractivity contribution >= 4 is 23.2 Å². The second kappa shape index (κ2) is 8.81. The van der Waals surface area contributed by atoms with Gasteiger partial charge in [0.25, 0.3) is 5.91 Å². The molecule has 0 saturated carbocycles. The molecule has 0 aliphatic rings. The lowest BCUT2D eigenvalue weighted by atomic mass is 10.1. The number of carbonyl (C=O) groups is 1. The van der Waals surface area contributed by atoms with Crippen LogP contribution in [0.2, 0.25) is 5.02 Å². The van der Waals surface area contributed by atoms with Crippen molar-refractivity contribution in [2.45, 2.75) is 20.8 Å². The highest BCUT2D eigenvalue weighted by molar-refractivity contribution is 6.31. The normalized spacial score (nSPS) is 10.4. The average Bonchev–Trinajstić information content (AvgIpc) is 2.63. The number of hydrogen-bond donors (Lipinski definition) is 1. The Labute approximate surface area is 170 Å². The molecule has 0 bridgehead atoms. The highest BCUT2D eigenvalue weighted by Crippen LogP contribution is 2.26. The van der Waals surface area contributed by atoms with Gasteiger partial charge in [0.05, 0.1) is 0 Å². The molecule has 0 aliphatic heterocycles. The molecule has 1 N–H and O–H groups in total. The largest absolute Gasteiger partial charge is 0.484 e. The first-order valence-electron chi connectivity index (χ1n) is 8.94. The third-order valence-electron chi connectivity index (χ3n) is 4.08.